The van der Waals surface area contributed by atoms with Gasteiger partial charge in [0.1, 0.15) is 11.6 Å². The molecule has 1 aromatic heterocycles. The maximum absolute atomic E-state index is 14.1. The first-order chi connectivity index (χ1) is 14.1. The zero-order valence-electron chi connectivity index (χ0n) is 16.2. The quantitative estimate of drug-likeness (QED) is 0.627. The van der Waals surface area contributed by atoms with Gasteiger partial charge in [-0.25, -0.2) is 14.4 Å². The topological polar surface area (TPSA) is 46.1 Å². The van der Waals surface area contributed by atoms with Crippen LogP contribution in [0.3, 0.4) is 0 Å². The van der Waals surface area contributed by atoms with Crippen molar-refractivity contribution in [1.82, 2.24) is 14.9 Å². The predicted octanol–water partition coefficient (Wildman–Crippen LogP) is 4.74. The average molecular weight is 410 g/mol. The van der Waals surface area contributed by atoms with E-state index in [-0.39, 0.29) is 11.5 Å². The third-order valence-corrected chi connectivity index (χ3v) is 5.47. The fraction of sp³-hybridized carbons (Fsp3) is 0.261. The Labute approximate surface area is 174 Å². The van der Waals surface area contributed by atoms with Gasteiger partial charge in [-0.15, -0.1) is 0 Å². The molecule has 4 nitrogen and oxygen atoms in total. The zero-order valence-corrected chi connectivity index (χ0v) is 16.9. The lowest BCUT2D eigenvalue weighted by atomic mass is 10.0. The Balaban J connectivity index is 1.68. The Morgan fingerprint density at radius 1 is 1.07 bits per heavy atom. The monoisotopic (exact) mass is 409 g/mol. The number of rotatable bonds is 3. The molecule has 4 rings (SSSR count). The summed E-state index contributed by atoms with van der Waals surface area (Å²) in [5, 5.41) is 0.672. The third-order valence-electron chi connectivity index (χ3n) is 5.21. The Morgan fingerprint density at radius 3 is 2.52 bits per heavy atom. The molecule has 0 saturated carbocycles. The second kappa shape index (κ2) is 8.29. The van der Waals surface area contributed by atoms with Crippen LogP contribution in [0.2, 0.25) is 5.02 Å². The molecule has 0 spiro atoms. The van der Waals surface area contributed by atoms with Crippen molar-refractivity contribution in [3.8, 4) is 11.3 Å². The highest BCUT2D eigenvalue weighted by Crippen LogP contribution is 2.28. The van der Waals surface area contributed by atoms with Gasteiger partial charge in [-0.05, 0) is 30.7 Å². The van der Waals surface area contributed by atoms with E-state index in [1.165, 1.54) is 12.1 Å². The molecule has 1 amide bonds. The van der Waals surface area contributed by atoms with Crippen LogP contribution in [0, 0.1) is 5.82 Å². The van der Waals surface area contributed by atoms with Crippen molar-refractivity contribution in [1.29, 1.82) is 0 Å². The van der Waals surface area contributed by atoms with Crippen LogP contribution >= 0.6 is 11.6 Å². The minimum Gasteiger partial charge on any atom is -0.338 e. The maximum Gasteiger partial charge on any atom is 0.256 e. The minimum atomic E-state index is -0.492. The van der Waals surface area contributed by atoms with Gasteiger partial charge in [-0.2, -0.15) is 0 Å². The van der Waals surface area contributed by atoms with Gasteiger partial charge in [0.15, 0.2) is 0 Å². The lowest BCUT2D eigenvalue weighted by Gasteiger charge is -2.20. The lowest BCUT2D eigenvalue weighted by Crippen LogP contribution is -2.33. The second-order valence-corrected chi connectivity index (χ2v) is 7.48. The molecule has 2 aromatic carbocycles. The molecule has 1 aliphatic rings. The first-order valence-corrected chi connectivity index (χ1v) is 10.1. The van der Waals surface area contributed by atoms with Gasteiger partial charge in [-0.3, -0.25) is 4.79 Å². The van der Waals surface area contributed by atoms with Gasteiger partial charge in [0.25, 0.3) is 5.91 Å². The van der Waals surface area contributed by atoms with E-state index in [2.05, 4.69) is 0 Å². The van der Waals surface area contributed by atoms with Crippen molar-refractivity contribution in [2.24, 2.45) is 0 Å². The fourth-order valence-corrected chi connectivity index (χ4v) is 3.79. The third kappa shape index (κ3) is 4.01. The number of halogens is 2. The highest BCUT2D eigenvalue weighted by Gasteiger charge is 2.25. The number of aromatic nitrogens is 2. The summed E-state index contributed by atoms with van der Waals surface area (Å²) in [6.07, 6.45) is 1.97. The van der Waals surface area contributed by atoms with E-state index in [9.17, 15) is 9.18 Å². The number of nitrogens with zero attached hydrogens (tertiary/aromatic N) is 3. The first-order valence-electron chi connectivity index (χ1n) is 9.75. The molecule has 0 fully saturated rings. The Kier molecular flexibility index (Phi) is 5.58. The standard InChI is InChI=1S/C23H21ClFN3O/c1-2-21-26-20-12-14-28(23(29)17-5-3-4-6-19(17)25)13-11-18(20)22(27-21)15-7-9-16(24)10-8-15/h3-10H,2,11-14H2,1H3. The number of aryl methyl sites for hydroxylation is 1. The van der Waals surface area contributed by atoms with Gasteiger partial charge in [0, 0.05) is 47.8 Å². The van der Waals surface area contributed by atoms with Crippen LogP contribution in [0.4, 0.5) is 4.39 Å². The van der Waals surface area contributed by atoms with Crippen LogP contribution in [0.5, 0.6) is 0 Å². The molecular weight excluding hydrogens is 389 g/mol. The van der Waals surface area contributed by atoms with Crippen molar-refractivity contribution in [3.63, 3.8) is 0 Å². The van der Waals surface area contributed by atoms with Gasteiger partial charge >= 0.3 is 0 Å². The maximum atomic E-state index is 14.1. The Hall–Kier alpha value is -2.79. The van der Waals surface area contributed by atoms with Crippen molar-refractivity contribution in [3.05, 3.63) is 82.0 Å². The summed E-state index contributed by atoms with van der Waals surface area (Å²) in [6, 6.07) is 13.7. The molecule has 0 radical (unpaired) electrons. The number of amides is 1. The van der Waals surface area contributed by atoms with Crippen molar-refractivity contribution < 1.29 is 9.18 Å². The molecule has 6 heteroatoms. The molecular formula is C23H21ClFN3O. The molecule has 3 aromatic rings. The summed E-state index contributed by atoms with van der Waals surface area (Å²) < 4.78 is 14.1. The molecule has 0 saturated heterocycles. The smallest absolute Gasteiger partial charge is 0.256 e. The second-order valence-electron chi connectivity index (χ2n) is 7.05. The molecule has 0 N–H and O–H groups in total. The highest BCUT2D eigenvalue weighted by molar-refractivity contribution is 6.30. The Morgan fingerprint density at radius 2 is 1.79 bits per heavy atom. The zero-order chi connectivity index (χ0) is 20.4. The van der Waals surface area contributed by atoms with E-state index in [1.807, 2.05) is 31.2 Å². The van der Waals surface area contributed by atoms with Crippen molar-refractivity contribution in [2.45, 2.75) is 26.2 Å². The normalized spacial score (nSPS) is 13.7. The van der Waals surface area contributed by atoms with Gasteiger partial charge in [-0.1, -0.05) is 42.8 Å². The summed E-state index contributed by atoms with van der Waals surface area (Å²) in [7, 11) is 0. The van der Waals surface area contributed by atoms with E-state index < -0.39 is 5.82 Å². The number of benzene rings is 2. The molecule has 0 unspecified atom stereocenters. The largest absolute Gasteiger partial charge is 0.338 e. The van der Waals surface area contributed by atoms with Gasteiger partial charge in [0.05, 0.1) is 11.3 Å². The molecule has 0 atom stereocenters. The van der Waals surface area contributed by atoms with Crippen LogP contribution < -0.4 is 0 Å². The Bertz CT molecular complexity index is 1050. The molecule has 2 heterocycles. The van der Waals surface area contributed by atoms with Crippen LogP contribution in [-0.2, 0) is 19.3 Å². The molecule has 0 bridgehead atoms. The van der Waals surface area contributed by atoms with Crippen LogP contribution in [0.15, 0.2) is 48.5 Å². The van der Waals surface area contributed by atoms with E-state index in [4.69, 9.17) is 21.6 Å². The molecule has 1 aliphatic heterocycles. The van der Waals surface area contributed by atoms with Crippen LogP contribution in [0.1, 0.15) is 34.4 Å². The number of hydrogen-bond acceptors (Lipinski definition) is 3. The molecule has 0 aliphatic carbocycles. The van der Waals surface area contributed by atoms with E-state index in [1.54, 1.807) is 17.0 Å². The highest BCUT2D eigenvalue weighted by atomic mass is 35.5. The summed E-state index contributed by atoms with van der Waals surface area (Å²) in [5.74, 6) is 0.00405. The number of carbonyl (C=O) groups is 1. The summed E-state index contributed by atoms with van der Waals surface area (Å²) in [6.45, 7) is 3.02. The van der Waals surface area contributed by atoms with Crippen LogP contribution in [0.25, 0.3) is 11.3 Å². The van der Waals surface area contributed by atoms with Crippen molar-refractivity contribution in [2.75, 3.05) is 13.1 Å². The van der Waals surface area contributed by atoms with E-state index in [0.29, 0.717) is 31.0 Å². The molecule has 29 heavy (non-hydrogen) atoms. The summed E-state index contributed by atoms with van der Waals surface area (Å²) in [4.78, 5) is 24.1. The predicted molar refractivity (Wildman–Crippen MR) is 112 cm³/mol. The number of carbonyl (C=O) groups excluding carboxylic acids is 1. The summed E-state index contributed by atoms with van der Waals surface area (Å²) in [5.41, 5.74) is 4.00. The van der Waals surface area contributed by atoms with Gasteiger partial charge in [0.2, 0.25) is 0 Å². The summed E-state index contributed by atoms with van der Waals surface area (Å²) >= 11 is 6.04. The SMILES string of the molecule is CCc1nc2c(c(-c3ccc(Cl)cc3)n1)CCN(C(=O)c1ccccc1F)CC2. The van der Waals surface area contributed by atoms with Crippen molar-refractivity contribution >= 4 is 17.5 Å². The number of hydrogen-bond donors (Lipinski definition) is 0. The fourth-order valence-electron chi connectivity index (χ4n) is 3.66. The first kappa shape index (κ1) is 19.5. The van der Waals surface area contributed by atoms with Crippen LogP contribution in [-0.4, -0.2) is 33.9 Å². The number of fused-ring (bicyclic) bond motifs is 1. The molecule has 148 valence electrons. The lowest BCUT2D eigenvalue weighted by molar-refractivity contribution is 0.0758. The van der Waals surface area contributed by atoms with Gasteiger partial charge < -0.3 is 4.90 Å². The average Bonchev–Trinajstić information content (AvgIpc) is 2.96. The van der Waals surface area contributed by atoms with E-state index in [0.717, 1.165) is 34.8 Å². The minimum absolute atomic E-state index is 0.108. The van der Waals surface area contributed by atoms with E-state index >= 15 is 0 Å².